The van der Waals surface area contributed by atoms with Gasteiger partial charge in [-0.25, -0.2) is 0 Å². The van der Waals surface area contributed by atoms with Gasteiger partial charge in [0.15, 0.2) is 0 Å². The molecule has 6 heteroatoms. The molecule has 0 saturated carbocycles. The standard InChI is InChI=1S/C18H23N5O/c1-13-20-21-17-11-22(9-10-23(13)17)12-18(24)19-16-8-4-6-14-5-2-3-7-15(14)16/h2-3,5,7,16H,4,6,8-12H2,1H3,(H,19,24). The third-order valence-corrected chi connectivity index (χ3v) is 5.09. The highest BCUT2D eigenvalue weighted by atomic mass is 16.2. The fraction of sp³-hybridized carbons (Fsp3) is 0.500. The molecular weight excluding hydrogens is 302 g/mol. The molecule has 1 atom stereocenters. The van der Waals surface area contributed by atoms with Crippen LogP contribution in [0.15, 0.2) is 24.3 Å². The van der Waals surface area contributed by atoms with Crippen LogP contribution in [-0.2, 0) is 24.3 Å². The van der Waals surface area contributed by atoms with Gasteiger partial charge in [0.1, 0.15) is 11.6 Å². The molecule has 1 aromatic heterocycles. The minimum atomic E-state index is 0.0985. The predicted octanol–water partition coefficient (Wildman–Crippen LogP) is 1.60. The van der Waals surface area contributed by atoms with Crippen LogP contribution in [0.5, 0.6) is 0 Å². The number of nitrogens with one attached hydrogen (secondary N) is 1. The molecule has 2 aliphatic rings. The fourth-order valence-corrected chi connectivity index (χ4v) is 3.84. The Morgan fingerprint density at radius 1 is 1.29 bits per heavy atom. The van der Waals surface area contributed by atoms with E-state index in [-0.39, 0.29) is 11.9 Å². The molecule has 0 fully saturated rings. The second-order valence-electron chi connectivity index (χ2n) is 6.74. The van der Waals surface area contributed by atoms with Crippen molar-refractivity contribution in [2.75, 3.05) is 13.1 Å². The molecule has 6 nitrogen and oxygen atoms in total. The van der Waals surface area contributed by atoms with Gasteiger partial charge >= 0.3 is 0 Å². The second-order valence-corrected chi connectivity index (χ2v) is 6.74. The number of carbonyl (C=O) groups excluding carboxylic acids is 1. The second kappa shape index (κ2) is 6.36. The van der Waals surface area contributed by atoms with Crippen LogP contribution in [0.3, 0.4) is 0 Å². The quantitative estimate of drug-likeness (QED) is 0.931. The van der Waals surface area contributed by atoms with Crippen LogP contribution in [0.1, 0.15) is 41.7 Å². The summed E-state index contributed by atoms with van der Waals surface area (Å²) < 4.78 is 2.13. The highest BCUT2D eigenvalue weighted by Gasteiger charge is 2.24. The maximum Gasteiger partial charge on any atom is 0.234 e. The van der Waals surface area contributed by atoms with E-state index >= 15 is 0 Å². The largest absolute Gasteiger partial charge is 0.348 e. The third kappa shape index (κ3) is 2.94. The van der Waals surface area contributed by atoms with E-state index in [1.165, 1.54) is 11.1 Å². The molecule has 0 saturated heterocycles. The van der Waals surface area contributed by atoms with Crippen molar-refractivity contribution < 1.29 is 4.79 Å². The minimum Gasteiger partial charge on any atom is -0.348 e. The number of rotatable bonds is 3. The molecule has 2 aromatic rings. The van der Waals surface area contributed by atoms with Crippen molar-refractivity contribution >= 4 is 5.91 Å². The van der Waals surface area contributed by atoms with Gasteiger partial charge in [0, 0.05) is 13.1 Å². The van der Waals surface area contributed by atoms with Crippen LogP contribution < -0.4 is 5.32 Å². The van der Waals surface area contributed by atoms with E-state index in [9.17, 15) is 4.79 Å². The van der Waals surface area contributed by atoms with Crippen LogP contribution in [-0.4, -0.2) is 38.7 Å². The number of aromatic nitrogens is 3. The van der Waals surface area contributed by atoms with Gasteiger partial charge in [-0.05, 0) is 37.3 Å². The molecule has 1 N–H and O–H groups in total. The zero-order valence-electron chi connectivity index (χ0n) is 14.0. The summed E-state index contributed by atoms with van der Waals surface area (Å²) in [5, 5.41) is 11.5. The average Bonchev–Trinajstić information content (AvgIpc) is 2.96. The van der Waals surface area contributed by atoms with Gasteiger partial charge in [-0.15, -0.1) is 10.2 Å². The molecular formula is C18H23N5O. The SMILES string of the molecule is Cc1nnc2n1CCN(CC(=O)NC1CCCc3ccccc31)C2. The first-order valence-corrected chi connectivity index (χ1v) is 8.69. The van der Waals surface area contributed by atoms with E-state index in [0.29, 0.717) is 13.1 Å². The Hall–Kier alpha value is -2.21. The van der Waals surface area contributed by atoms with Gasteiger partial charge in [0.2, 0.25) is 5.91 Å². The lowest BCUT2D eigenvalue weighted by molar-refractivity contribution is -0.123. The topological polar surface area (TPSA) is 63.1 Å². The van der Waals surface area contributed by atoms with Crippen LogP contribution in [0.4, 0.5) is 0 Å². The molecule has 1 amide bonds. The van der Waals surface area contributed by atoms with E-state index < -0.39 is 0 Å². The van der Waals surface area contributed by atoms with Gasteiger partial charge in [0.05, 0.1) is 19.1 Å². The number of hydrogen-bond donors (Lipinski definition) is 1. The first kappa shape index (κ1) is 15.3. The number of hydrogen-bond acceptors (Lipinski definition) is 4. The van der Waals surface area contributed by atoms with Gasteiger partial charge in [-0.1, -0.05) is 24.3 Å². The van der Waals surface area contributed by atoms with Crippen molar-refractivity contribution in [3.05, 3.63) is 47.0 Å². The van der Waals surface area contributed by atoms with E-state index in [1.807, 2.05) is 6.92 Å². The Kier molecular flexibility index (Phi) is 4.06. The average molecular weight is 325 g/mol. The number of carbonyl (C=O) groups is 1. The maximum atomic E-state index is 12.5. The molecule has 0 radical (unpaired) electrons. The number of nitrogens with zero attached hydrogens (tertiary/aromatic N) is 4. The van der Waals surface area contributed by atoms with Crippen molar-refractivity contribution in [3.8, 4) is 0 Å². The predicted molar refractivity (Wildman–Crippen MR) is 90.3 cm³/mol. The first-order valence-electron chi connectivity index (χ1n) is 8.69. The van der Waals surface area contributed by atoms with Crippen LogP contribution in [0.25, 0.3) is 0 Å². The lowest BCUT2D eigenvalue weighted by Gasteiger charge is -2.29. The molecule has 0 bridgehead atoms. The Morgan fingerprint density at radius 2 is 2.17 bits per heavy atom. The molecule has 1 aliphatic heterocycles. The molecule has 1 aromatic carbocycles. The molecule has 1 aliphatic carbocycles. The number of aryl methyl sites for hydroxylation is 2. The van der Waals surface area contributed by atoms with Gasteiger partial charge < -0.3 is 9.88 Å². The molecule has 126 valence electrons. The summed E-state index contributed by atoms with van der Waals surface area (Å²) >= 11 is 0. The number of fused-ring (bicyclic) bond motifs is 2. The lowest BCUT2D eigenvalue weighted by atomic mass is 9.88. The Bertz CT molecular complexity index is 754. The summed E-state index contributed by atoms with van der Waals surface area (Å²) in [7, 11) is 0. The third-order valence-electron chi connectivity index (χ3n) is 5.09. The van der Waals surface area contributed by atoms with Gasteiger partial charge in [0.25, 0.3) is 0 Å². The number of benzene rings is 1. The van der Waals surface area contributed by atoms with Crippen LogP contribution in [0.2, 0.25) is 0 Å². The zero-order valence-corrected chi connectivity index (χ0v) is 14.0. The summed E-state index contributed by atoms with van der Waals surface area (Å²) in [6.45, 7) is 4.80. The van der Waals surface area contributed by atoms with Crippen molar-refractivity contribution in [1.82, 2.24) is 25.0 Å². The Morgan fingerprint density at radius 3 is 3.08 bits per heavy atom. The Balaban J connectivity index is 1.38. The van der Waals surface area contributed by atoms with Gasteiger partial charge in [-0.3, -0.25) is 9.69 Å². The van der Waals surface area contributed by atoms with Crippen molar-refractivity contribution in [1.29, 1.82) is 0 Å². The van der Waals surface area contributed by atoms with Crippen molar-refractivity contribution in [3.63, 3.8) is 0 Å². The summed E-state index contributed by atoms with van der Waals surface area (Å²) in [5.41, 5.74) is 2.65. The highest BCUT2D eigenvalue weighted by molar-refractivity contribution is 5.78. The molecule has 1 unspecified atom stereocenters. The first-order chi connectivity index (χ1) is 11.7. The monoisotopic (exact) mass is 325 g/mol. The van der Waals surface area contributed by atoms with E-state index in [2.05, 4.69) is 49.2 Å². The summed E-state index contributed by atoms with van der Waals surface area (Å²) in [6.07, 6.45) is 3.27. The molecule has 0 spiro atoms. The normalized spacial score (nSPS) is 20.3. The zero-order chi connectivity index (χ0) is 16.5. The van der Waals surface area contributed by atoms with Gasteiger partial charge in [-0.2, -0.15) is 0 Å². The Labute approximate surface area is 141 Å². The highest BCUT2D eigenvalue weighted by Crippen LogP contribution is 2.29. The van der Waals surface area contributed by atoms with Crippen molar-refractivity contribution in [2.24, 2.45) is 0 Å². The summed E-state index contributed by atoms with van der Waals surface area (Å²) in [4.78, 5) is 14.7. The van der Waals surface area contributed by atoms with E-state index in [4.69, 9.17) is 0 Å². The number of amides is 1. The summed E-state index contributed by atoms with van der Waals surface area (Å²) in [6, 6.07) is 8.61. The molecule has 2 heterocycles. The maximum absolute atomic E-state index is 12.5. The molecule has 4 rings (SSSR count). The smallest absolute Gasteiger partial charge is 0.234 e. The van der Waals surface area contributed by atoms with E-state index in [1.54, 1.807) is 0 Å². The summed E-state index contributed by atoms with van der Waals surface area (Å²) in [5.74, 6) is 2.00. The van der Waals surface area contributed by atoms with Crippen LogP contribution >= 0.6 is 0 Å². The minimum absolute atomic E-state index is 0.0985. The lowest BCUT2D eigenvalue weighted by Crippen LogP contribution is -2.43. The van der Waals surface area contributed by atoms with Crippen molar-refractivity contribution in [2.45, 2.75) is 45.3 Å². The van der Waals surface area contributed by atoms with E-state index in [0.717, 1.165) is 44.0 Å². The van der Waals surface area contributed by atoms with Crippen LogP contribution in [0, 0.1) is 6.92 Å². The fourth-order valence-electron chi connectivity index (χ4n) is 3.84. The molecule has 24 heavy (non-hydrogen) atoms.